The number of nitrogens with two attached hydrogens (primary N) is 1. The Morgan fingerprint density at radius 1 is 1.16 bits per heavy atom. The first-order chi connectivity index (χ1) is 12.0. The SMILES string of the molecule is CC(C)c1ccc(Oc2cnc(N)nc2NC2CCC(O)CC2)cc1. The molecule has 1 aliphatic carbocycles. The van der Waals surface area contributed by atoms with E-state index in [1.807, 2.05) is 12.1 Å². The smallest absolute Gasteiger partial charge is 0.222 e. The van der Waals surface area contributed by atoms with Gasteiger partial charge >= 0.3 is 0 Å². The van der Waals surface area contributed by atoms with Crippen molar-refractivity contribution in [3.8, 4) is 11.5 Å². The number of anilines is 2. The fourth-order valence-corrected chi connectivity index (χ4v) is 3.02. The lowest BCUT2D eigenvalue weighted by Crippen LogP contribution is -2.28. The van der Waals surface area contributed by atoms with Crippen LogP contribution in [0.5, 0.6) is 11.5 Å². The van der Waals surface area contributed by atoms with Gasteiger partial charge in [-0.1, -0.05) is 26.0 Å². The van der Waals surface area contributed by atoms with Crippen molar-refractivity contribution in [3.05, 3.63) is 36.0 Å². The molecular weight excluding hydrogens is 316 g/mol. The van der Waals surface area contributed by atoms with Crippen LogP contribution in [0.25, 0.3) is 0 Å². The first-order valence-electron chi connectivity index (χ1n) is 8.86. The van der Waals surface area contributed by atoms with Crippen LogP contribution in [0, 0.1) is 0 Å². The zero-order chi connectivity index (χ0) is 17.8. The van der Waals surface area contributed by atoms with Gasteiger partial charge in [0, 0.05) is 6.04 Å². The van der Waals surface area contributed by atoms with Gasteiger partial charge in [0.2, 0.25) is 5.95 Å². The molecule has 1 aromatic heterocycles. The Morgan fingerprint density at radius 2 is 1.84 bits per heavy atom. The molecule has 2 aromatic rings. The van der Waals surface area contributed by atoms with E-state index in [4.69, 9.17) is 10.5 Å². The lowest BCUT2D eigenvalue weighted by Gasteiger charge is -2.27. The Bertz CT molecular complexity index is 695. The van der Waals surface area contributed by atoms with Crippen LogP contribution in [0.15, 0.2) is 30.5 Å². The molecule has 1 aromatic carbocycles. The molecule has 6 nitrogen and oxygen atoms in total. The van der Waals surface area contributed by atoms with E-state index in [2.05, 4.69) is 41.3 Å². The van der Waals surface area contributed by atoms with E-state index in [0.29, 0.717) is 17.5 Å². The lowest BCUT2D eigenvalue weighted by molar-refractivity contribution is 0.126. The molecular formula is C19H26N4O2. The zero-order valence-corrected chi connectivity index (χ0v) is 14.8. The Kier molecular flexibility index (Phi) is 5.38. The highest BCUT2D eigenvalue weighted by Crippen LogP contribution is 2.31. The third-order valence-corrected chi connectivity index (χ3v) is 4.59. The van der Waals surface area contributed by atoms with Crippen molar-refractivity contribution in [3.63, 3.8) is 0 Å². The predicted molar refractivity (Wildman–Crippen MR) is 98.9 cm³/mol. The normalized spacial score (nSPS) is 20.5. The van der Waals surface area contributed by atoms with Gasteiger partial charge in [-0.15, -0.1) is 0 Å². The first-order valence-corrected chi connectivity index (χ1v) is 8.86. The second-order valence-corrected chi connectivity index (χ2v) is 6.92. The number of nitrogen functional groups attached to an aromatic ring is 1. The monoisotopic (exact) mass is 342 g/mol. The van der Waals surface area contributed by atoms with Gasteiger partial charge in [0.25, 0.3) is 0 Å². The molecule has 6 heteroatoms. The van der Waals surface area contributed by atoms with Crippen molar-refractivity contribution >= 4 is 11.8 Å². The number of hydrogen-bond acceptors (Lipinski definition) is 6. The number of nitrogens with zero attached hydrogens (tertiary/aromatic N) is 2. The minimum absolute atomic E-state index is 0.191. The molecule has 0 bridgehead atoms. The summed E-state index contributed by atoms with van der Waals surface area (Å²) in [5.74, 6) is 2.58. The van der Waals surface area contributed by atoms with E-state index < -0.39 is 0 Å². The van der Waals surface area contributed by atoms with Gasteiger partial charge in [0.05, 0.1) is 12.3 Å². The van der Waals surface area contributed by atoms with E-state index in [1.54, 1.807) is 6.20 Å². The molecule has 0 unspecified atom stereocenters. The topological polar surface area (TPSA) is 93.3 Å². The molecule has 1 saturated carbocycles. The number of aliphatic hydroxyl groups is 1. The molecule has 0 spiro atoms. The number of aliphatic hydroxyl groups excluding tert-OH is 1. The van der Waals surface area contributed by atoms with Crippen molar-refractivity contribution < 1.29 is 9.84 Å². The highest BCUT2D eigenvalue weighted by molar-refractivity contribution is 5.53. The predicted octanol–water partition coefficient (Wildman–Crippen LogP) is 3.69. The van der Waals surface area contributed by atoms with Crippen molar-refractivity contribution in [2.75, 3.05) is 11.1 Å². The maximum Gasteiger partial charge on any atom is 0.222 e. The summed E-state index contributed by atoms with van der Waals surface area (Å²) in [6.45, 7) is 4.32. The van der Waals surface area contributed by atoms with Gasteiger partial charge in [0.15, 0.2) is 11.6 Å². The minimum atomic E-state index is -0.191. The molecule has 0 amide bonds. The summed E-state index contributed by atoms with van der Waals surface area (Å²) in [4.78, 5) is 8.34. The standard InChI is InChI=1S/C19H26N4O2/c1-12(2)13-3-9-16(10-4-13)25-17-11-21-19(20)23-18(17)22-14-5-7-15(24)8-6-14/h3-4,9-12,14-15,24H,5-8H2,1-2H3,(H3,20,21,22,23). The lowest BCUT2D eigenvalue weighted by atomic mass is 9.93. The zero-order valence-electron chi connectivity index (χ0n) is 14.8. The number of nitrogens with one attached hydrogen (secondary N) is 1. The molecule has 0 radical (unpaired) electrons. The van der Waals surface area contributed by atoms with Crippen LogP contribution in [0.2, 0.25) is 0 Å². The van der Waals surface area contributed by atoms with Crippen LogP contribution in [0.3, 0.4) is 0 Å². The average Bonchev–Trinajstić information content (AvgIpc) is 2.60. The molecule has 1 fully saturated rings. The summed E-state index contributed by atoms with van der Waals surface area (Å²) in [6, 6.07) is 8.28. The minimum Gasteiger partial charge on any atom is -0.452 e. The molecule has 4 N–H and O–H groups in total. The van der Waals surface area contributed by atoms with Gasteiger partial charge in [0.1, 0.15) is 5.75 Å². The fourth-order valence-electron chi connectivity index (χ4n) is 3.02. The van der Waals surface area contributed by atoms with E-state index in [0.717, 1.165) is 31.4 Å². The largest absolute Gasteiger partial charge is 0.452 e. The third kappa shape index (κ3) is 4.60. The molecule has 0 atom stereocenters. The maximum atomic E-state index is 9.65. The summed E-state index contributed by atoms with van der Waals surface area (Å²) < 4.78 is 5.97. The third-order valence-electron chi connectivity index (χ3n) is 4.59. The quantitative estimate of drug-likeness (QED) is 0.767. The van der Waals surface area contributed by atoms with Crippen LogP contribution in [-0.2, 0) is 0 Å². The Morgan fingerprint density at radius 3 is 2.48 bits per heavy atom. The maximum absolute atomic E-state index is 9.65. The second-order valence-electron chi connectivity index (χ2n) is 6.92. The number of hydrogen-bond donors (Lipinski definition) is 3. The van der Waals surface area contributed by atoms with Crippen molar-refractivity contribution in [1.29, 1.82) is 0 Å². The Balaban J connectivity index is 1.74. The second kappa shape index (κ2) is 7.70. The molecule has 25 heavy (non-hydrogen) atoms. The van der Waals surface area contributed by atoms with Crippen LogP contribution in [0.4, 0.5) is 11.8 Å². The van der Waals surface area contributed by atoms with Crippen molar-refractivity contribution in [2.45, 2.75) is 57.6 Å². The van der Waals surface area contributed by atoms with E-state index in [9.17, 15) is 5.11 Å². The van der Waals surface area contributed by atoms with Crippen LogP contribution in [0.1, 0.15) is 51.0 Å². The summed E-state index contributed by atoms with van der Waals surface area (Å²) in [5, 5.41) is 13.0. The molecule has 0 saturated heterocycles. The van der Waals surface area contributed by atoms with Gasteiger partial charge in [-0.05, 0) is 49.3 Å². The van der Waals surface area contributed by atoms with E-state index in [-0.39, 0.29) is 18.1 Å². The van der Waals surface area contributed by atoms with Crippen molar-refractivity contribution in [2.24, 2.45) is 0 Å². The number of ether oxygens (including phenoxy) is 1. The Hall–Kier alpha value is -2.34. The number of benzene rings is 1. The summed E-state index contributed by atoms with van der Waals surface area (Å²) in [6.07, 6.45) is 4.79. The van der Waals surface area contributed by atoms with Crippen LogP contribution >= 0.6 is 0 Å². The molecule has 0 aliphatic heterocycles. The van der Waals surface area contributed by atoms with Gasteiger partial charge in [-0.3, -0.25) is 0 Å². The fraction of sp³-hybridized carbons (Fsp3) is 0.474. The number of aromatic nitrogens is 2. The highest BCUT2D eigenvalue weighted by Gasteiger charge is 2.21. The Labute approximate surface area is 148 Å². The molecule has 1 heterocycles. The average molecular weight is 342 g/mol. The first kappa shape index (κ1) is 17.5. The molecule has 3 rings (SSSR count). The molecule has 1 aliphatic rings. The van der Waals surface area contributed by atoms with Crippen LogP contribution < -0.4 is 15.8 Å². The van der Waals surface area contributed by atoms with Gasteiger partial charge in [-0.2, -0.15) is 4.98 Å². The molecule has 134 valence electrons. The van der Waals surface area contributed by atoms with Crippen LogP contribution in [-0.4, -0.2) is 27.2 Å². The van der Waals surface area contributed by atoms with E-state index >= 15 is 0 Å². The summed E-state index contributed by atoms with van der Waals surface area (Å²) in [7, 11) is 0. The van der Waals surface area contributed by atoms with Gasteiger partial charge in [-0.25, -0.2) is 4.98 Å². The van der Waals surface area contributed by atoms with Crippen molar-refractivity contribution in [1.82, 2.24) is 9.97 Å². The summed E-state index contributed by atoms with van der Waals surface area (Å²) in [5.41, 5.74) is 7.01. The number of rotatable bonds is 5. The van der Waals surface area contributed by atoms with Gasteiger partial charge < -0.3 is 20.9 Å². The summed E-state index contributed by atoms with van der Waals surface area (Å²) >= 11 is 0. The van der Waals surface area contributed by atoms with E-state index in [1.165, 1.54) is 5.56 Å². The highest BCUT2D eigenvalue weighted by atomic mass is 16.5.